The van der Waals surface area contributed by atoms with Crippen LogP contribution in [0.3, 0.4) is 0 Å². The number of carbonyl (C=O) groups is 2. The predicted octanol–water partition coefficient (Wildman–Crippen LogP) is 6.76. The summed E-state index contributed by atoms with van der Waals surface area (Å²) in [7, 11) is -1.49. The SMILES string of the molecule is COc1ccc(OC)c(N(CC(=O)N(Cc2ccc(Cl)c(Cl)c2)[C@@H](Cc2ccccc2)C(=O)NC(C)(C)C)S(=O)(=O)c2ccccc2)c1. The van der Waals surface area contributed by atoms with Crippen LogP contribution in [0.4, 0.5) is 5.69 Å². The third-order valence-corrected chi connectivity index (χ3v) is 9.88. The zero-order valence-electron chi connectivity index (χ0n) is 27.4. The molecule has 9 nitrogen and oxygen atoms in total. The van der Waals surface area contributed by atoms with Gasteiger partial charge in [-0.15, -0.1) is 0 Å². The largest absolute Gasteiger partial charge is 0.497 e. The van der Waals surface area contributed by atoms with Gasteiger partial charge in [-0.2, -0.15) is 0 Å². The standard InChI is InChI=1S/C36H39Cl2N3O6S/c1-36(2,3)39-35(43)32(21-25-12-8-6-9-13-25)40(23-26-16-18-29(37)30(38)20-26)34(42)24-41(48(44,45)28-14-10-7-11-15-28)31-22-27(46-4)17-19-33(31)47-5/h6-20,22,32H,21,23-24H2,1-5H3,(H,39,43)/t32-/m0/s1. The summed E-state index contributed by atoms with van der Waals surface area (Å²) in [6, 6.07) is 25.7. The summed E-state index contributed by atoms with van der Waals surface area (Å²) in [5.41, 5.74) is 0.862. The molecule has 0 bridgehead atoms. The van der Waals surface area contributed by atoms with E-state index in [-0.39, 0.29) is 34.3 Å². The van der Waals surface area contributed by atoms with E-state index in [0.717, 1.165) is 9.87 Å². The van der Waals surface area contributed by atoms with Gasteiger partial charge in [0.05, 0.1) is 34.8 Å². The van der Waals surface area contributed by atoms with Gasteiger partial charge in [0.25, 0.3) is 10.0 Å². The molecule has 0 saturated carbocycles. The number of nitrogens with one attached hydrogen (secondary N) is 1. The molecular formula is C36H39Cl2N3O6S. The molecule has 1 N–H and O–H groups in total. The van der Waals surface area contributed by atoms with Gasteiger partial charge in [-0.3, -0.25) is 13.9 Å². The van der Waals surface area contributed by atoms with Gasteiger partial charge in [-0.25, -0.2) is 8.42 Å². The average Bonchev–Trinajstić information content (AvgIpc) is 3.06. The quantitative estimate of drug-likeness (QED) is 0.164. The number of nitrogens with zero attached hydrogens (tertiary/aromatic N) is 2. The Morgan fingerprint density at radius 1 is 0.812 bits per heavy atom. The van der Waals surface area contributed by atoms with E-state index in [2.05, 4.69) is 5.32 Å². The van der Waals surface area contributed by atoms with Crippen LogP contribution in [0.15, 0.2) is 102 Å². The van der Waals surface area contributed by atoms with Crippen molar-refractivity contribution in [2.24, 2.45) is 0 Å². The van der Waals surface area contributed by atoms with Crippen molar-refractivity contribution in [3.05, 3.63) is 118 Å². The Morgan fingerprint density at radius 3 is 2.04 bits per heavy atom. The Bertz CT molecular complexity index is 1830. The Hall–Kier alpha value is -4.25. The number of halogens is 2. The molecule has 0 unspecified atom stereocenters. The molecule has 48 heavy (non-hydrogen) atoms. The third kappa shape index (κ3) is 9.21. The van der Waals surface area contributed by atoms with Crippen molar-refractivity contribution in [3.63, 3.8) is 0 Å². The lowest BCUT2D eigenvalue weighted by atomic mass is 10.0. The van der Waals surface area contributed by atoms with Gasteiger partial charge in [-0.05, 0) is 68.3 Å². The number of amides is 2. The smallest absolute Gasteiger partial charge is 0.264 e. The molecule has 1 atom stereocenters. The molecule has 0 aliphatic heterocycles. The predicted molar refractivity (Wildman–Crippen MR) is 189 cm³/mol. The summed E-state index contributed by atoms with van der Waals surface area (Å²) in [5, 5.41) is 3.61. The maximum atomic E-state index is 14.7. The molecule has 0 heterocycles. The fourth-order valence-corrected chi connectivity index (χ4v) is 6.82. The van der Waals surface area contributed by atoms with Crippen LogP contribution in [0.25, 0.3) is 0 Å². The highest BCUT2D eigenvalue weighted by Gasteiger charge is 2.36. The van der Waals surface area contributed by atoms with Crippen molar-refractivity contribution >= 4 is 50.7 Å². The molecular weight excluding hydrogens is 673 g/mol. The molecule has 0 radical (unpaired) electrons. The van der Waals surface area contributed by atoms with Crippen LogP contribution in [0.5, 0.6) is 11.5 Å². The molecule has 254 valence electrons. The van der Waals surface area contributed by atoms with Gasteiger partial charge in [0.15, 0.2) is 0 Å². The Balaban J connectivity index is 1.89. The van der Waals surface area contributed by atoms with Crippen LogP contribution in [0.2, 0.25) is 10.0 Å². The van der Waals surface area contributed by atoms with E-state index in [1.54, 1.807) is 48.5 Å². The summed E-state index contributed by atoms with van der Waals surface area (Å²) >= 11 is 12.6. The minimum Gasteiger partial charge on any atom is -0.497 e. The molecule has 0 saturated heterocycles. The minimum atomic E-state index is -4.35. The van der Waals surface area contributed by atoms with Crippen molar-refractivity contribution < 1.29 is 27.5 Å². The molecule has 0 aromatic heterocycles. The van der Waals surface area contributed by atoms with Crippen LogP contribution >= 0.6 is 23.2 Å². The van der Waals surface area contributed by atoms with Crippen molar-refractivity contribution in [1.82, 2.24) is 10.2 Å². The highest BCUT2D eigenvalue weighted by Crippen LogP contribution is 2.36. The number of ether oxygens (including phenoxy) is 2. The van der Waals surface area contributed by atoms with E-state index in [1.165, 1.54) is 37.3 Å². The number of sulfonamides is 1. The first kappa shape index (κ1) is 36.6. The lowest BCUT2D eigenvalue weighted by Gasteiger charge is -2.35. The van der Waals surface area contributed by atoms with E-state index >= 15 is 0 Å². The van der Waals surface area contributed by atoms with Crippen LogP contribution in [0, 0.1) is 0 Å². The van der Waals surface area contributed by atoms with Crippen LogP contribution in [-0.4, -0.2) is 57.5 Å². The zero-order valence-corrected chi connectivity index (χ0v) is 29.8. The van der Waals surface area contributed by atoms with E-state index in [4.69, 9.17) is 32.7 Å². The van der Waals surface area contributed by atoms with E-state index in [9.17, 15) is 18.0 Å². The van der Waals surface area contributed by atoms with Crippen LogP contribution in [-0.2, 0) is 32.6 Å². The molecule has 2 amide bonds. The van der Waals surface area contributed by atoms with Gasteiger partial charge in [0.1, 0.15) is 24.1 Å². The number of carbonyl (C=O) groups excluding carboxylic acids is 2. The van der Waals surface area contributed by atoms with E-state index in [1.807, 2.05) is 51.1 Å². The number of anilines is 1. The molecule has 0 fully saturated rings. The molecule has 4 aromatic carbocycles. The fraction of sp³-hybridized carbons (Fsp3) is 0.278. The molecule has 12 heteroatoms. The first-order chi connectivity index (χ1) is 22.7. The van der Waals surface area contributed by atoms with Gasteiger partial charge >= 0.3 is 0 Å². The van der Waals surface area contributed by atoms with Crippen LogP contribution in [0.1, 0.15) is 31.9 Å². The summed E-state index contributed by atoms with van der Waals surface area (Å²) in [6.45, 7) is 4.80. The molecule has 0 aliphatic carbocycles. The zero-order chi connectivity index (χ0) is 35.1. The van der Waals surface area contributed by atoms with Crippen molar-refractivity contribution in [1.29, 1.82) is 0 Å². The summed E-state index contributed by atoms with van der Waals surface area (Å²) in [5.74, 6) is -0.497. The fourth-order valence-electron chi connectivity index (χ4n) is 5.07. The summed E-state index contributed by atoms with van der Waals surface area (Å²) in [4.78, 5) is 30.1. The Kier molecular flexibility index (Phi) is 12.0. The number of rotatable bonds is 13. The second-order valence-electron chi connectivity index (χ2n) is 12.1. The van der Waals surface area contributed by atoms with Gasteiger partial charge < -0.3 is 19.7 Å². The molecule has 4 aromatic rings. The number of benzene rings is 4. The molecule has 0 aliphatic rings. The third-order valence-electron chi connectivity index (χ3n) is 7.37. The normalized spacial score (nSPS) is 12.1. The maximum Gasteiger partial charge on any atom is 0.264 e. The maximum absolute atomic E-state index is 14.7. The lowest BCUT2D eigenvalue weighted by Crippen LogP contribution is -2.56. The highest BCUT2D eigenvalue weighted by molar-refractivity contribution is 7.92. The summed E-state index contributed by atoms with van der Waals surface area (Å²) in [6.07, 6.45) is 0.156. The monoisotopic (exact) mass is 711 g/mol. The van der Waals surface area contributed by atoms with Gasteiger partial charge in [0, 0.05) is 24.6 Å². The number of hydrogen-bond acceptors (Lipinski definition) is 6. The van der Waals surface area contributed by atoms with E-state index in [0.29, 0.717) is 16.3 Å². The second-order valence-corrected chi connectivity index (χ2v) is 14.8. The first-order valence-corrected chi connectivity index (χ1v) is 17.3. The van der Waals surface area contributed by atoms with Gasteiger partial charge in [-0.1, -0.05) is 77.8 Å². The lowest BCUT2D eigenvalue weighted by molar-refractivity contribution is -0.140. The minimum absolute atomic E-state index is 0.0370. The van der Waals surface area contributed by atoms with Crippen molar-refractivity contribution in [2.75, 3.05) is 25.1 Å². The number of methoxy groups -OCH3 is 2. The average molecular weight is 713 g/mol. The topological polar surface area (TPSA) is 105 Å². The van der Waals surface area contributed by atoms with E-state index < -0.39 is 40.0 Å². The van der Waals surface area contributed by atoms with Crippen molar-refractivity contribution in [2.45, 2.75) is 50.2 Å². The Morgan fingerprint density at radius 2 is 1.46 bits per heavy atom. The first-order valence-electron chi connectivity index (χ1n) is 15.1. The molecule has 0 spiro atoms. The van der Waals surface area contributed by atoms with Gasteiger partial charge in [0.2, 0.25) is 11.8 Å². The second kappa shape index (κ2) is 15.8. The molecule has 4 rings (SSSR count). The Labute approximate surface area is 292 Å². The highest BCUT2D eigenvalue weighted by atomic mass is 35.5. The summed E-state index contributed by atoms with van der Waals surface area (Å²) < 4.78 is 40.6. The van der Waals surface area contributed by atoms with Crippen LogP contribution < -0.4 is 19.1 Å². The number of hydrogen-bond donors (Lipinski definition) is 1. The van der Waals surface area contributed by atoms with Crippen molar-refractivity contribution in [3.8, 4) is 11.5 Å².